The van der Waals surface area contributed by atoms with Gasteiger partial charge in [0, 0.05) is 5.57 Å². The summed E-state index contributed by atoms with van der Waals surface area (Å²) in [5, 5.41) is 0. The van der Waals surface area contributed by atoms with Crippen LogP contribution in [0.3, 0.4) is 0 Å². The van der Waals surface area contributed by atoms with Crippen LogP contribution in [-0.4, -0.2) is 26.2 Å². The van der Waals surface area contributed by atoms with E-state index >= 15 is 0 Å². The molecule has 0 aromatic carbocycles. The van der Waals surface area contributed by atoms with E-state index in [4.69, 9.17) is 4.74 Å². The van der Waals surface area contributed by atoms with Gasteiger partial charge in [-0.05, 0) is 25.7 Å². The number of carbonyl (C=O) groups excluding carboxylic acids is 2. The topological polar surface area (TPSA) is 52.6 Å². The van der Waals surface area contributed by atoms with Gasteiger partial charge in [0.1, 0.15) is 0 Å². The SMILES string of the molecule is C/C=C(/C[C@H](CCC(C)C)C(=O)OC)C(=O)OC. The highest BCUT2D eigenvalue weighted by atomic mass is 16.5. The van der Waals surface area contributed by atoms with Gasteiger partial charge in [0.2, 0.25) is 0 Å². The van der Waals surface area contributed by atoms with E-state index in [0.29, 0.717) is 17.9 Å². The van der Waals surface area contributed by atoms with Crippen LogP contribution in [0, 0.1) is 11.8 Å². The van der Waals surface area contributed by atoms with E-state index in [1.165, 1.54) is 14.2 Å². The maximum atomic E-state index is 11.7. The van der Waals surface area contributed by atoms with Crippen LogP contribution < -0.4 is 0 Å². The fourth-order valence-electron chi connectivity index (χ4n) is 1.72. The van der Waals surface area contributed by atoms with Crippen molar-refractivity contribution in [3.8, 4) is 0 Å². The molecule has 104 valence electrons. The molecule has 0 heterocycles. The molecule has 0 aliphatic heterocycles. The molecule has 4 nitrogen and oxygen atoms in total. The van der Waals surface area contributed by atoms with Gasteiger partial charge in [-0.15, -0.1) is 0 Å². The standard InChI is InChI=1S/C14H24O4/c1-6-11(13(15)17-4)9-12(14(16)18-5)8-7-10(2)3/h6,10,12H,7-9H2,1-5H3/b11-6-/t12-/m0/s1. The molecule has 0 aromatic rings. The van der Waals surface area contributed by atoms with Crippen LogP contribution in [0.25, 0.3) is 0 Å². The van der Waals surface area contributed by atoms with Crippen molar-refractivity contribution >= 4 is 11.9 Å². The number of hydrogen-bond acceptors (Lipinski definition) is 4. The predicted molar refractivity (Wildman–Crippen MR) is 70.0 cm³/mol. The highest BCUT2D eigenvalue weighted by molar-refractivity contribution is 5.89. The lowest BCUT2D eigenvalue weighted by molar-refractivity contribution is -0.146. The number of ether oxygens (including phenoxy) is 2. The average Bonchev–Trinajstić information content (AvgIpc) is 2.37. The Hall–Kier alpha value is -1.32. The second-order valence-corrected chi connectivity index (χ2v) is 4.70. The van der Waals surface area contributed by atoms with Gasteiger partial charge in [0.05, 0.1) is 20.1 Å². The molecule has 0 saturated carbocycles. The van der Waals surface area contributed by atoms with Crippen LogP contribution in [0.15, 0.2) is 11.6 Å². The van der Waals surface area contributed by atoms with E-state index in [1.54, 1.807) is 13.0 Å². The molecule has 0 rings (SSSR count). The van der Waals surface area contributed by atoms with Crippen LogP contribution >= 0.6 is 0 Å². The zero-order chi connectivity index (χ0) is 14.1. The van der Waals surface area contributed by atoms with E-state index in [-0.39, 0.29) is 17.9 Å². The summed E-state index contributed by atoms with van der Waals surface area (Å²) in [6.07, 6.45) is 3.72. The third-order valence-electron chi connectivity index (χ3n) is 2.89. The smallest absolute Gasteiger partial charge is 0.333 e. The summed E-state index contributed by atoms with van der Waals surface area (Å²) in [5.41, 5.74) is 0.525. The molecule has 0 spiro atoms. The third kappa shape index (κ3) is 5.84. The second-order valence-electron chi connectivity index (χ2n) is 4.70. The summed E-state index contributed by atoms with van der Waals surface area (Å²) in [6, 6.07) is 0. The van der Waals surface area contributed by atoms with Gasteiger partial charge >= 0.3 is 11.9 Å². The Morgan fingerprint density at radius 2 is 1.72 bits per heavy atom. The third-order valence-corrected chi connectivity index (χ3v) is 2.89. The summed E-state index contributed by atoms with van der Waals surface area (Å²) in [4.78, 5) is 23.2. The average molecular weight is 256 g/mol. The minimum Gasteiger partial charge on any atom is -0.469 e. The Balaban J connectivity index is 4.66. The second kappa shape index (κ2) is 8.72. The first-order valence-corrected chi connectivity index (χ1v) is 6.27. The van der Waals surface area contributed by atoms with E-state index in [9.17, 15) is 9.59 Å². The number of methoxy groups -OCH3 is 2. The minimum absolute atomic E-state index is 0.265. The van der Waals surface area contributed by atoms with Gasteiger partial charge < -0.3 is 9.47 Å². The number of carbonyl (C=O) groups is 2. The molecule has 0 aliphatic rings. The normalized spacial score (nSPS) is 13.3. The molecule has 0 aromatic heterocycles. The first-order valence-electron chi connectivity index (χ1n) is 6.27. The van der Waals surface area contributed by atoms with Gasteiger partial charge in [0.25, 0.3) is 0 Å². The zero-order valence-electron chi connectivity index (χ0n) is 12.0. The Morgan fingerprint density at radius 3 is 2.11 bits per heavy atom. The van der Waals surface area contributed by atoms with Gasteiger partial charge in [-0.2, -0.15) is 0 Å². The lowest BCUT2D eigenvalue weighted by atomic mass is 9.91. The summed E-state index contributed by atoms with van der Waals surface area (Å²) < 4.78 is 9.47. The monoisotopic (exact) mass is 256 g/mol. The van der Waals surface area contributed by atoms with Crippen molar-refractivity contribution < 1.29 is 19.1 Å². The van der Waals surface area contributed by atoms with Crippen LogP contribution in [0.5, 0.6) is 0 Å². The molecule has 0 N–H and O–H groups in total. The Bertz CT molecular complexity index is 305. The molecule has 0 unspecified atom stereocenters. The first kappa shape index (κ1) is 16.7. The maximum absolute atomic E-state index is 11.7. The molecule has 0 saturated heterocycles. The highest BCUT2D eigenvalue weighted by Crippen LogP contribution is 2.21. The lowest BCUT2D eigenvalue weighted by Gasteiger charge is -2.16. The molecule has 0 radical (unpaired) electrons. The van der Waals surface area contributed by atoms with Crippen molar-refractivity contribution in [1.82, 2.24) is 0 Å². The van der Waals surface area contributed by atoms with Crippen molar-refractivity contribution in [3.63, 3.8) is 0 Å². The number of hydrogen-bond donors (Lipinski definition) is 0. The van der Waals surface area contributed by atoms with Gasteiger partial charge in [-0.25, -0.2) is 4.79 Å². The Morgan fingerprint density at radius 1 is 1.11 bits per heavy atom. The van der Waals surface area contributed by atoms with E-state index < -0.39 is 0 Å². The number of rotatable bonds is 7. The molecular weight excluding hydrogens is 232 g/mol. The Kier molecular flexibility index (Phi) is 8.08. The van der Waals surface area contributed by atoms with Crippen molar-refractivity contribution in [3.05, 3.63) is 11.6 Å². The van der Waals surface area contributed by atoms with Gasteiger partial charge in [0.15, 0.2) is 0 Å². The maximum Gasteiger partial charge on any atom is 0.333 e. The van der Waals surface area contributed by atoms with Gasteiger partial charge in [-0.3, -0.25) is 4.79 Å². The molecule has 0 aliphatic carbocycles. The first-order chi connectivity index (χ1) is 8.46. The Labute approximate surface area is 109 Å². The minimum atomic E-state index is -0.379. The van der Waals surface area contributed by atoms with E-state index in [1.807, 2.05) is 0 Å². The van der Waals surface area contributed by atoms with Crippen molar-refractivity contribution in [2.75, 3.05) is 14.2 Å². The molecule has 4 heteroatoms. The van der Waals surface area contributed by atoms with Crippen molar-refractivity contribution in [1.29, 1.82) is 0 Å². The summed E-state index contributed by atoms with van der Waals surface area (Å²) >= 11 is 0. The quantitative estimate of drug-likeness (QED) is 0.519. The van der Waals surface area contributed by atoms with Crippen molar-refractivity contribution in [2.45, 2.75) is 40.0 Å². The van der Waals surface area contributed by atoms with Crippen molar-refractivity contribution in [2.24, 2.45) is 11.8 Å². The van der Waals surface area contributed by atoms with Crippen LogP contribution in [0.1, 0.15) is 40.0 Å². The summed E-state index contributed by atoms with van der Waals surface area (Å²) in [5.74, 6) is -0.401. The number of allylic oxidation sites excluding steroid dienone is 1. The predicted octanol–water partition coefficient (Wildman–Crippen LogP) is 2.72. The van der Waals surface area contributed by atoms with Gasteiger partial charge in [-0.1, -0.05) is 26.3 Å². The summed E-state index contributed by atoms with van der Waals surface area (Å²) in [6.45, 7) is 5.97. The summed E-state index contributed by atoms with van der Waals surface area (Å²) in [7, 11) is 2.71. The molecule has 18 heavy (non-hydrogen) atoms. The lowest BCUT2D eigenvalue weighted by Crippen LogP contribution is -2.20. The molecule has 0 fully saturated rings. The van der Waals surface area contributed by atoms with Crippen LogP contribution in [-0.2, 0) is 19.1 Å². The molecular formula is C14H24O4. The van der Waals surface area contributed by atoms with Crippen LogP contribution in [0.2, 0.25) is 0 Å². The fraction of sp³-hybridized carbons (Fsp3) is 0.714. The largest absolute Gasteiger partial charge is 0.469 e. The van der Waals surface area contributed by atoms with Crippen LogP contribution in [0.4, 0.5) is 0 Å². The molecule has 0 amide bonds. The fourth-order valence-corrected chi connectivity index (χ4v) is 1.72. The molecule has 0 bridgehead atoms. The zero-order valence-corrected chi connectivity index (χ0v) is 12.0. The molecule has 1 atom stereocenters. The highest BCUT2D eigenvalue weighted by Gasteiger charge is 2.23. The van der Waals surface area contributed by atoms with E-state index in [2.05, 4.69) is 18.6 Å². The van der Waals surface area contributed by atoms with E-state index in [0.717, 1.165) is 12.8 Å². The number of esters is 2.